The van der Waals surface area contributed by atoms with Crippen LogP contribution in [0.5, 0.6) is 0 Å². The minimum Gasteiger partial charge on any atom is -0.351 e. The molecule has 3 aromatic rings. The summed E-state index contributed by atoms with van der Waals surface area (Å²) in [6, 6.07) is 12.4. The van der Waals surface area contributed by atoms with Gasteiger partial charge in [0.25, 0.3) is 5.91 Å². The van der Waals surface area contributed by atoms with Gasteiger partial charge in [-0.25, -0.2) is 9.07 Å². The van der Waals surface area contributed by atoms with Gasteiger partial charge in [-0.3, -0.25) is 4.79 Å². The SMILES string of the molecule is CC1CCCCN1CCCNC(=O)c1cc(-c2cccs2)nn1-c1ccc(F)cc1. The first-order valence-corrected chi connectivity index (χ1v) is 11.4. The van der Waals surface area contributed by atoms with Gasteiger partial charge < -0.3 is 10.2 Å². The average Bonchev–Trinajstić information content (AvgIpc) is 3.43. The minimum absolute atomic E-state index is 0.165. The normalized spacial score (nSPS) is 17.2. The number of nitrogens with one attached hydrogen (secondary N) is 1. The Kier molecular flexibility index (Phi) is 6.59. The number of nitrogens with zero attached hydrogens (tertiary/aromatic N) is 3. The molecule has 30 heavy (non-hydrogen) atoms. The van der Waals surface area contributed by atoms with Crippen LogP contribution in [0.25, 0.3) is 16.3 Å². The van der Waals surface area contributed by atoms with Crippen molar-refractivity contribution in [3.8, 4) is 16.3 Å². The van der Waals surface area contributed by atoms with E-state index in [0.717, 1.165) is 30.1 Å². The molecule has 1 atom stereocenters. The van der Waals surface area contributed by atoms with E-state index < -0.39 is 0 Å². The number of hydrogen-bond acceptors (Lipinski definition) is 4. The summed E-state index contributed by atoms with van der Waals surface area (Å²) in [4.78, 5) is 16.4. The molecule has 3 heterocycles. The van der Waals surface area contributed by atoms with E-state index >= 15 is 0 Å². The lowest BCUT2D eigenvalue weighted by Gasteiger charge is -2.33. The Labute approximate surface area is 180 Å². The molecule has 1 saturated heterocycles. The lowest BCUT2D eigenvalue weighted by molar-refractivity contribution is 0.0941. The van der Waals surface area contributed by atoms with Gasteiger partial charge in [0.2, 0.25) is 0 Å². The third-order valence-electron chi connectivity index (χ3n) is 5.64. The minimum atomic E-state index is -0.317. The van der Waals surface area contributed by atoms with Crippen LogP contribution in [0, 0.1) is 5.82 Å². The molecule has 1 aliphatic heterocycles. The van der Waals surface area contributed by atoms with E-state index in [1.54, 1.807) is 34.2 Å². The van der Waals surface area contributed by atoms with Crippen LogP contribution in [0.4, 0.5) is 4.39 Å². The molecule has 1 aliphatic rings. The summed E-state index contributed by atoms with van der Waals surface area (Å²) < 4.78 is 15.0. The first-order valence-electron chi connectivity index (χ1n) is 10.5. The summed E-state index contributed by atoms with van der Waals surface area (Å²) in [5.74, 6) is -0.483. The van der Waals surface area contributed by atoms with Gasteiger partial charge in [-0.05, 0) is 74.5 Å². The number of benzene rings is 1. The van der Waals surface area contributed by atoms with Crippen LogP contribution >= 0.6 is 11.3 Å². The Balaban J connectivity index is 1.46. The summed E-state index contributed by atoms with van der Waals surface area (Å²) in [6.45, 7) is 5.05. The van der Waals surface area contributed by atoms with Crippen molar-refractivity contribution in [3.63, 3.8) is 0 Å². The van der Waals surface area contributed by atoms with E-state index in [0.29, 0.717) is 24.0 Å². The highest BCUT2D eigenvalue weighted by molar-refractivity contribution is 7.13. The predicted molar refractivity (Wildman–Crippen MR) is 119 cm³/mol. The van der Waals surface area contributed by atoms with Crippen molar-refractivity contribution in [2.75, 3.05) is 19.6 Å². The van der Waals surface area contributed by atoms with Crippen LogP contribution in [-0.2, 0) is 0 Å². The zero-order chi connectivity index (χ0) is 20.9. The van der Waals surface area contributed by atoms with Crippen LogP contribution in [0.15, 0.2) is 47.8 Å². The summed E-state index contributed by atoms with van der Waals surface area (Å²) in [5.41, 5.74) is 1.85. The number of rotatable bonds is 7. The lowest BCUT2D eigenvalue weighted by atomic mass is 10.0. The number of thiophene rings is 1. The molecule has 0 radical (unpaired) electrons. The van der Waals surface area contributed by atoms with E-state index in [9.17, 15) is 9.18 Å². The average molecular weight is 427 g/mol. The molecule has 0 saturated carbocycles. The Bertz CT molecular complexity index is 968. The highest BCUT2D eigenvalue weighted by Gasteiger charge is 2.19. The molecule has 0 spiro atoms. The molecule has 1 amide bonds. The Morgan fingerprint density at radius 2 is 2.10 bits per heavy atom. The van der Waals surface area contributed by atoms with Gasteiger partial charge in [-0.2, -0.15) is 5.10 Å². The maximum atomic E-state index is 13.4. The fourth-order valence-electron chi connectivity index (χ4n) is 3.93. The highest BCUT2D eigenvalue weighted by Crippen LogP contribution is 2.26. The quantitative estimate of drug-likeness (QED) is 0.556. The van der Waals surface area contributed by atoms with Gasteiger partial charge >= 0.3 is 0 Å². The third kappa shape index (κ3) is 4.79. The second kappa shape index (κ2) is 9.53. The summed E-state index contributed by atoms with van der Waals surface area (Å²) in [7, 11) is 0. The smallest absolute Gasteiger partial charge is 0.270 e. The Morgan fingerprint density at radius 3 is 2.83 bits per heavy atom. The number of amides is 1. The lowest BCUT2D eigenvalue weighted by Crippen LogP contribution is -2.39. The van der Waals surface area contributed by atoms with Crippen LogP contribution in [0.2, 0.25) is 0 Å². The molecule has 1 aromatic carbocycles. The van der Waals surface area contributed by atoms with Crippen molar-refractivity contribution in [1.82, 2.24) is 20.0 Å². The van der Waals surface area contributed by atoms with Crippen molar-refractivity contribution < 1.29 is 9.18 Å². The van der Waals surface area contributed by atoms with Crippen molar-refractivity contribution in [2.45, 2.75) is 38.6 Å². The number of piperidine rings is 1. The van der Waals surface area contributed by atoms with Crippen LogP contribution in [0.3, 0.4) is 0 Å². The fourth-order valence-corrected chi connectivity index (χ4v) is 4.61. The maximum absolute atomic E-state index is 13.4. The van der Waals surface area contributed by atoms with Crippen LogP contribution in [-0.4, -0.2) is 46.3 Å². The summed E-state index contributed by atoms with van der Waals surface area (Å²) in [6.07, 6.45) is 4.75. The van der Waals surface area contributed by atoms with Crippen LogP contribution in [0.1, 0.15) is 43.1 Å². The zero-order valence-corrected chi connectivity index (χ0v) is 18.0. The number of hydrogen-bond donors (Lipinski definition) is 1. The molecular formula is C23H27FN4OS. The predicted octanol–water partition coefficient (Wildman–Crippen LogP) is 4.73. The maximum Gasteiger partial charge on any atom is 0.270 e. The molecule has 1 fully saturated rings. The number of halogens is 1. The molecule has 4 rings (SSSR count). The van der Waals surface area contributed by atoms with Gasteiger partial charge in [0.05, 0.1) is 10.6 Å². The van der Waals surface area contributed by atoms with E-state index in [-0.39, 0.29) is 11.7 Å². The molecule has 158 valence electrons. The zero-order valence-electron chi connectivity index (χ0n) is 17.2. The fraction of sp³-hybridized carbons (Fsp3) is 0.391. The number of likely N-dealkylation sites (tertiary alicyclic amines) is 1. The number of carbonyl (C=O) groups excluding carboxylic acids is 1. The van der Waals surface area contributed by atoms with Crippen LogP contribution < -0.4 is 5.32 Å². The molecule has 1 unspecified atom stereocenters. The van der Waals surface area contributed by atoms with Crippen molar-refractivity contribution in [2.24, 2.45) is 0 Å². The van der Waals surface area contributed by atoms with E-state index in [4.69, 9.17) is 0 Å². The largest absolute Gasteiger partial charge is 0.351 e. The molecule has 1 N–H and O–H groups in total. The number of carbonyl (C=O) groups is 1. The summed E-state index contributed by atoms with van der Waals surface area (Å²) >= 11 is 1.57. The van der Waals surface area contributed by atoms with Gasteiger partial charge in [0, 0.05) is 19.1 Å². The van der Waals surface area contributed by atoms with Gasteiger partial charge in [-0.1, -0.05) is 12.5 Å². The first kappa shape index (κ1) is 20.8. The first-order chi connectivity index (χ1) is 14.6. The standard InChI is InChI=1S/C23H27FN4OS/c1-17-6-2-3-13-27(17)14-5-12-25-23(29)21-16-20(22-7-4-15-30-22)26-28(21)19-10-8-18(24)9-11-19/h4,7-11,15-17H,2-3,5-6,12-14H2,1H3,(H,25,29). The monoisotopic (exact) mass is 426 g/mol. The Hall–Kier alpha value is -2.51. The third-order valence-corrected chi connectivity index (χ3v) is 6.53. The van der Waals surface area contributed by atoms with Crippen molar-refractivity contribution in [1.29, 1.82) is 0 Å². The molecule has 0 bridgehead atoms. The van der Waals surface area contributed by atoms with Crippen molar-refractivity contribution in [3.05, 3.63) is 59.4 Å². The molecule has 0 aliphatic carbocycles. The van der Waals surface area contributed by atoms with Gasteiger partial charge in [0.15, 0.2) is 0 Å². The van der Waals surface area contributed by atoms with E-state index in [1.807, 2.05) is 17.5 Å². The molecule has 7 heteroatoms. The second-order valence-electron chi connectivity index (χ2n) is 7.77. The second-order valence-corrected chi connectivity index (χ2v) is 8.72. The van der Waals surface area contributed by atoms with Gasteiger partial charge in [0.1, 0.15) is 17.2 Å². The Morgan fingerprint density at radius 1 is 1.27 bits per heavy atom. The molecule has 2 aromatic heterocycles. The van der Waals surface area contributed by atoms with Gasteiger partial charge in [-0.15, -0.1) is 11.3 Å². The number of aromatic nitrogens is 2. The summed E-state index contributed by atoms with van der Waals surface area (Å²) in [5, 5.41) is 9.64. The van der Waals surface area contributed by atoms with Crippen molar-refractivity contribution >= 4 is 17.2 Å². The molecular weight excluding hydrogens is 399 g/mol. The topological polar surface area (TPSA) is 50.2 Å². The molecule has 5 nitrogen and oxygen atoms in total. The van der Waals surface area contributed by atoms with E-state index in [1.165, 1.54) is 31.4 Å². The highest BCUT2D eigenvalue weighted by atomic mass is 32.1. The van der Waals surface area contributed by atoms with E-state index in [2.05, 4.69) is 22.2 Å².